The molecule has 0 spiro atoms. The third kappa shape index (κ3) is 13.1. The molecule has 2 aromatic rings. The molecule has 0 saturated heterocycles. The van der Waals surface area contributed by atoms with Crippen molar-refractivity contribution in [2.75, 3.05) is 43.1 Å². The molecule has 2 aliphatic carbocycles. The van der Waals surface area contributed by atoms with Gasteiger partial charge in [-0.2, -0.15) is 0 Å². The van der Waals surface area contributed by atoms with Gasteiger partial charge in [-0.1, -0.05) is 47.6 Å². The van der Waals surface area contributed by atoms with Crippen LogP contribution in [0, 0.1) is 23.7 Å². The van der Waals surface area contributed by atoms with Crippen molar-refractivity contribution in [2.24, 2.45) is 23.7 Å². The first kappa shape index (κ1) is 42.2. The summed E-state index contributed by atoms with van der Waals surface area (Å²) in [6.07, 6.45) is 6.39. The third-order valence-electron chi connectivity index (χ3n) is 8.97. The van der Waals surface area contributed by atoms with Gasteiger partial charge in [-0.05, 0) is 99.1 Å². The number of nitrogen functional groups attached to an aromatic ring is 1. The molecular formula is C36H48BrClN4O8. The van der Waals surface area contributed by atoms with Crippen molar-refractivity contribution in [1.82, 2.24) is 10.2 Å². The molecule has 5 N–H and O–H groups in total. The molecule has 5 rings (SSSR count). The lowest BCUT2D eigenvalue weighted by atomic mass is 9.82. The molecule has 0 aromatic heterocycles. The van der Waals surface area contributed by atoms with Gasteiger partial charge in [0, 0.05) is 18.8 Å². The highest BCUT2D eigenvalue weighted by atomic mass is 79.9. The Hall–Kier alpha value is -3.97. The van der Waals surface area contributed by atoms with E-state index in [4.69, 9.17) is 27.2 Å². The Morgan fingerprint density at radius 3 is 2.08 bits per heavy atom. The maximum absolute atomic E-state index is 12.7. The van der Waals surface area contributed by atoms with E-state index >= 15 is 0 Å². The van der Waals surface area contributed by atoms with Gasteiger partial charge in [0.1, 0.15) is 6.54 Å². The van der Waals surface area contributed by atoms with Crippen LogP contribution in [0.3, 0.4) is 0 Å². The number of ether oxygens (including phenoxy) is 1. The van der Waals surface area contributed by atoms with Crippen molar-refractivity contribution in [3.8, 4) is 0 Å². The highest BCUT2D eigenvalue weighted by Crippen LogP contribution is 2.31. The Bertz CT molecular complexity index is 1480. The summed E-state index contributed by atoms with van der Waals surface area (Å²) in [5.41, 5.74) is 7.86. The molecular weight excluding hydrogens is 732 g/mol. The van der Waals surface area contributed by atoms with E-state index in [0.717, 1.165) is 38.5 Å². The Morgan fingerprint density at radius 1 is 0.940 bits per heavy atom. The highest BCUT2D eigenvalue weighted by molar-refractivity contribution is 9.09. The fourth-order valence-corrected chi connectivity index (χ4v) is 6.24. The number of benzene rings is 2. The predicted molar refractivity (Wildman–Crippen MR) is 196 cm³/mol. The number of rotatable bonds is 8. The van der Waals surface area contributed by atoms with Gasteiger partial charge in [0.05, 0.1) is 41.1 Å². The number of nitrogens with zero attached hydrogens (tertiary/aromatic N) is 1. The maximum Gasteiger partial charge on any atom is 0.308 e. The van der Waals surface area contributed by atoms with Crippen LogP contribution < -0.4 is 16.4 Å². The molecule has 0 bridgehead atoms. The van der Waals surface area contributed by atoms with Crippen LogP contribution in [0.1, 0.15) is 79.5 Å². The molecule has 3 aliphatic rings. The second-order valence-electron chi connectivity index (χ2n) is 12.4. The van der Waals surface area contributed by atoms with E-state index in [1.54, 1.807) is 53.4 Å². The Morgan fingerprint density at radius 2 is 1.50 bits per heavy atom. The number of hydrogen-bond acceptors (Lipinski definition) is 8. The summed E-state index contributed by atoms with van der Waals surface area (Å²) in [5.74, 6) is -0.892. The largest absolute Gasteiger partial charge is 0.481 e. The van der Waals surface area contributed by atoms with Crippen LogP contribution in [0.4, 0.5) is 11.4 Å². The number of hydrogen-bond donors (Lipinski definition) is 4. The predicted octanol–water partition coefficient (Wildman–Crippen LogP) is 5.73. The number of methoxy groups -OCH3 is 1. The number of nitrogens with one attached hydrogen (secondary N) is 2. The smallest absolute Gasteiger partial charge is 0.308 e. The number of carboxylic acid groups (broad SMARTS) is 1. The van der Waals surface area contributed by atoms with E-state index in [2.05, 4.69) is 26.6 Å². The fourth-order valence-electron chi connectivity index (χ4n) is 6.24. The third-order valence-corrected chi connectivity index (χ3v) is 9.94. The van der Waals surface area contributed by atoms with Crippen molar-refractivity contribution in [3.63, 3.8) is 0 Å². The van der Waals surface area contributed by atoms with Crippen molar-refractivity contribution in [1.29, 1.82) is 0 Å². The number of carbonyl (C=O) groups is 6. The minimum atomic E-state index is -0.734. The number of esters is 1. The molecule has 274 valence electrons. The molecule has 14 heteroatoms. The molecule has 0 atom stereocenters. The summed E-state index contributed by atoms with van der Waals surface area (Å²) in [4.78, 5) is 70.3. The summed E-state index contributed by atoms with van der Waals surface area (Å²) < 4.78 is 4.77. The number of fused-ring (bicyclic) bond motifs is 1. The van der Waals surface area contributed by atoms with Crippen LogP contribution in [0.2, 0.25) is 0 Å². The first-order valence-electron chi connectivity index (χ1n) is 16.3. The molecule has 12 nitrogen and oxygen atoms in total. The number of nitrogens with two attached hydrogens (primary N) is 1. The van der Waals surface area contributed by atoms with E-state index in [1.807, 2.05) is 0 Å². The second kappa shape index (κ2) is 21.3. The topological polar surface area (TPSA) is 185 Å². The first-order valence-corrected chi connectivity index (χ1v) is 17.8. The molecule has 3 amide bonds. The van der Waals surface area contributed by atoms with Crippen molar-refractivity contribution < 1.29 is 38.6 Å². The molecule has 50 heavy (non-hydrogen) atoms. The Balaban J connectivity index is 0.000000301. The monoisotopic (exact) mass is 778 g/mol. The summed E-state index contributed by atoms with van der Waals surface area (Å²) in [6.45, 7) is 1.18. The van der Waals surface area contributed by atoms with Crippen LogP contribution in [0.25, 0.3) is 0 Å². The Labute approximate surface area is 306 Å². The summed E-state index contributed by atoms with van der Waals surface area (Å²) in [5, 5.41) is 14.6. The first-order chi connectivity index (χ1) is 23.4. The van der Waals surface area contributed by atoms with Crippen LogP contribution in [0.5, 0.6) is 0 Å². The summed E-state index contributed by atoms with van der Waals surface area (Å²) in [7, 11) is 1.43. The number of aliphatic carboxylic acids is 1. The number of alkyl halides is 1. The molecule has 1 aliphatic heterocycles. The van der Waals surface area contributed by atoms with Gasteiger partial charge in [-0.25, -0.2) is 0 Å². The zero-order valence-corrected chi connectivity index (χ0v) is 29.8. The minimum Gasteiger partial charge on any atom is -0.481 e. The lowest BCUT2D eigenvalue weighted by Crippen LogP contribution is -2.39. The SMILES string of the molecule is C.COC(=O)C1CCC(CNC(=O)c2ccccc2N)CC1.O=C(Cl)CBr.O=C1CN(CC2CCC(C(=O)O)CC2)C(=O)c2ccccc2N1. The van der Waals surface area contributed by atoms with Crippen molar-refractivity contribution in [2.45, 2.75) is 58.8 Å². The molecule has 2 saturated carbocycles. The van der Waals surface area contributed by atoms with Gasteiger partial charge in [0.2, 0.25) is 11.1 Å². The van der Waals surface area contributed by atoms with Crippen LogP contribution in [0.15, 0.2) is 48.5 Å². The standard InChI is InChI=1S/C17H20N2O4.C16H22N2O3.C2H2BrClO.CH4/c20-15-10-19(9-11-5-7-12(8-6-11)17(22)23)16(21)13-3-1-2-4-14(13)18-15;1-21-16(20)12-8-6-11(7-9-12)10-18-15(19)13-4-2-3-5-14(13)17;3-1-2(4)5;/h1-4,11-12H,5-10H2,(H,18,20)(H,22,23);2-5,11-12H,6-10,17H2,1H3,(H,18,19);1H2;1H4. The average Bonchev–Trinajstić information content (AvgIpc) is 3.22. The molecule has 2 fully saturated rings. The van der Waals surface area contributed by atoms with Crippen LogP contribution in [-0.2, 0) is 23.9 Å². The number of amides is 3. The zero-order chi connectivity index (χ0) is 35.9. The van der Waals surface area contributed by atoms with Gasteiger partial charge in [-0.3, -0.25) is 28.8 Å². The molecule has 0 radical (unpaired) electrons. The molecule has 1 heterocycles. The summed E-state index contributed by atoms with van der Waals surface area (Å²) in [6, 6.07) is 14.1. The minimum absolute atomic E-state index is 0. The lowest BCUT2D eigenvalue weighted by Gasteiger charge is -2.30. The fraction of sp³-hybridized carbons (Fsp3) is 0.500. The number of para-hydroxylation sites is 2. The van der Waals surface area contributed by atoms with Gasteiger partial charge >= 0.3 is 11.9 Å². The van der Waals surface area contributed by atoms with Crippen LogP contribution in [-0.4, -0.2) is 77.0 Å². The van der Waals surface area contributed by atoms with Gasteiger partial charge in [0.25, 0.3) is 11.8 Å². The zero-order valence-electron chi connectivity index (χ0n) is 27.5. The van der Waals surface area contributed by atoms with Gasteiger partial charge in [-0.15, -0.1) is 0 Å². The van der Waals surface area contributed by atoms with E-state index < -0.39 is 5.97 Å². The van der Waals surface area contributed by atoms with Crippen molar-refractivity contribution in [3.05, 3.63) is 59.7 Å². The summed E-state index contributed by atoms with van der Waals surface area (Å²) >= 11 is 7.61. The van der Waals surface area contributed by atoms with Crippen molar-refractivity contribution >= 4 is 73.8 Å². The average molecular weight is 780 g/mol. The number of halogens is 2. The van der Waals surface area contributed by atoms with E-state index in [0.29, 0.717) is 54.4 Å². The highest BCUT2D eigenvalue weighted by Gasteiger charge is 2.31. The number of carboxylic acids is 1. The van der Waals surface area contributed by atoms with E-state index in [1.165, 1.54) is 7.11 Å². The van der Waals surface area contributed by atoms with E-state index in [-0.39, 0.29) is 66.0 Å². The van der Waals surface area contributed by atoms with E-state index in [9.17, 15) is 28.8 Å². The normalized spacial score (nSPS) is 21.1. The number of carbonyl (C=O) groups excluding carboxylic acids is 5. The van der Waals surface area contributed by atoms with Gasteiger partial charge < -0.3 is 31.1 Å². The van der Waals surface area contributed by atoms with Gasteiger partial charge in [0.15, 0.2) is 0 Å². The maximum atomic E-state index is 12.7. The number of anilines is 2. The lowest BCUT2D eigenvalue weighted by molar-refractivity contribution is -0.147. The Kier molecular flexibility index (Phi) is 18.0. The van der Waals surface area contributed by atoms with Crippen LogP contribution >= 0.6 is 27.5 Å². The molecule has 0 unspecified atom stereocenters. The molecule has 2 aromatic carbocycles. The quantitative estimate of drug-likeness (QED) is 0.112. The second-order valence-corrected chi connectivity index (χ2v) is 13.3.